The minimum absolute atomic E-state index is 0.0393. The summed E-state index contributed by atoms with van der Waals surface area (Å²) in [6.07, 6.45) is -54.8. The van der Waals surface area contributed by atoms with E-state index in [2.05, 4.69) is 34.9 Å². The third kappa shape index (κ3) is 13.6. The van der Waals surface area contributed by atoms with Crippen LogP contribution in [0.4, 0.5) is 105 Å². The number of carbonyl (C=O) groups excluding carboxylic acids is 1. The van der Waals surface area contributed by atoms with Crippen LogP contribution < -0.4 is 26.4 Å². The van der Waals surface area contributed by atoms with E-state index < -0.39 is 195 Å². The van der Waals surface area contributed by atoms with Gasteiger partial charge in [-0.25, -0.2) is 0 Å². The average molecular weight is 1240 g/mol. The highest BCUT2D eigenvalue weighted by Gasteiger charge is 2.47. The van der Waals surface area contributed by atoms with Crippen molar-refractivity contribution in [3.8, 4) is 0 Å². The summed E-state index contributed by atoms with van der Waals surface area (Å²) in [5.41, 5.74) is -26.6. The van der Waals surface area contributed by atoms with Crippen molar-refractivity contribution in [2.45, 2.75) is 56.0 Å². The largest absolute Gasteiger partial charge is 0.416 e. The molecule has 27 heteroatoms. The Labute approximate surface area is 468 Å². The SMILES string of the molecule is FC(F)(F)c1cc([B-](c2cc(C(F)(F)F)cc(C(F)(F)F)c2)(c2cc(C(F)(F)F)cc(C(F)(F)F)c2)c2cc(C(F)(F)F)cc(C(F)(F)F)c2)cc(C(F)(F)F)c1.O=C(c1ccc2ccccc2c1)c1ccc2ccccc2[n+]1Cc1ccccc1. The molecule has 0 saturated carbocycles. The van der Waals surface area contributed by atoms with Crippen LogP contribution in [0.15, 0.2) is 182 Å². The molecule has 0 atom stereocenters. The third-order valence-electron chi connectivity index (χ3n) is 13.8. The van der Waals surface area contributed by atoms with E-state index in [0.29, 0.717) is 17.8 Å². The molecule has 2 nitrogen and oxygen atoms in total. The molecular formula is C59H32BF24NO. The summed E-state index contributed by atoms with van der Waals surface area (Å²) in [7, 11) is 0. The van der Waals surface area contributed by atoms with E-state index in [1.165, 1.54) is 5.56 Å². The fraction of sp³-hybridized carbons (Fsp3) is 0.153. The molecule has 0 fully saturated rings. The van der Waals surface area contributed by atoms with E-state index in [1.54, 1.807) is 0 Å². The molecule has 0 amide bonds. The van der Waals surface area contributed by atoms with Crippen molar-refractivity contribution in [3.63, 3.8) is 0 Å². The Kier molecular flexibility index (Phi) is 16.5. The highest BCUT2D eigenvalue weighted by atomic mass is 19.4. The van der Waals surface area contributed by atoms with Crippen molar-refractivity contribution in [1.82, 2.24) is 0 Å². The fourth-order valence-electron chi connectivity index (χ4n) is 9.95. The van der Waals surface area contributed by atoms with Gasteiger partial charge in [0.15, 0.2) is 6.54 Å². The van der Waals surface area contributed by atoms with Crippen molar-refractivity contribution < 1.29 is 115 Å². The number of fused-ring (bicyclic) bond motifs is 2. The zero-order chi connectivity index (χ0) is 63.5. The Morgan fingerprint density at radius 2 is 0.593 bits per heavy atom. The van der Waals surface area contributed by atoms with Crippen molar-refractivity contribution in [1.29, 1.82) is 0 Å². The van der Waals surface area contributed by atoms with Crippen LogP contribution in [0.25, 0.3) is 21.7 Å². The summed E-state index contributed by atoms with van der Waals surface area (Å²) in [4.78, 5) is 13.5. The molecule has 1 heterocycles. The number of hydrogen-bond acceptors (Lipinski definition) is 1. The number of hydrogen-bond donors (Lipinski definition) is 0. The number of benzene rings is 8. The lowest BCUT2D eigenvalue weighted by Gasteiger charge is -2.46. The first-order valence-electron chi connectivity index (χ1n) is 24.4. The molecule has 0 spiro atoms. The van der Waals surface area contributed by atoms with E-state index in [9.17, 15) is 110 Å². The van der Waals surface area contributed by atoms with Crippen LogP contribution in [-0.2, 0) is 56.0 Å². The quantitative estimate of drug-likeness (QED) is 0.0643. The maximum atomic E-state index is 14.2. The lowest BCUT2D eigenvalue weighted by atomic mass is 9.12. The molecule has 86 heavy (non-hydrogen) atoms. The molecule has 0 saturated heterocycles. The molecule has 0 unspecified atom stereocenters. The third-order valence-corrected chi connectivity index (χ3v) is 13.8. The predicted octanol–water partition coefficient (Wildman–Crippen LogP) is 16.8. The van der Waals surface area contributed by atoms with Crippen LogP contribution in [0.2, 0.25) is 0 Å². The number of para-hydroxylation sites is 1. The number of nitrogens with zero attached hydrogens (tertiary/aromatic N) is 1. The molecule has 9 aromatic rings. The Morgan fingerprint density at radius 1 is 0.302 bits per heavy atom. The number of rotatable bonds is 8. The summed E-state index contributed by atoms with van der Waals surface area (Å²) < 4.78 is 343. The highest BCUT2D eigenvalue weighted by molar-refractivity contribution is 7.20. The molecule has 0 aliphatic carbocycles. The second-order valence-electron chi connectivity index (χ2n) is 19.5. The maximum absolute atomic E-state index is 14.2. The Bertz CT molecular complexity index is 3560. The molecule has 0 bridgehead atoms. The molecule has 0 aliphatic rings. The van der Waals surface area contributed by atoms with E-state index >= 15 is 0 Å². The Balaban J connectivity index is 0.000000274. The maximum Gasteiger partial charge on any atom is 0.416 e. The monoisotopic (exact) mass is 1240 g/mol. The summed E-state index contributed by atoms with van der Waals surface area (Å²) in [5, 5.41) is 3.34. The molecule has 0 radical (unpaired) electrons. The number of alkyl halides is 24. The average Bonchev–Trinajstić information content (AvgIpc) is 0.742. The second-order valence-corrected chi connectivity index (χ2v) is 19.5. The minimum atomic E-state index is -6.13. The van der Waals surface area contributed by atoms with E-state index in [0.717, 1.165) is 21.7 Å². The summed E-state index contributed by atoms with van der Waals surface area (Å²) >= 11 is 0. The summed E-state index contributed by atoms with van der Waals surface area (Å²) in [6.45, 7) is 0.650. The first kappa shape index (κ1) is 63.5. The first-order chi connectivity index (χ1) is 39.6. The number of ketones is 1. The Morgan fingerprint density at radius 3 is 0.930 bits per heavy atom. The van der Waals surface area contributed by atoms with Gasteiger partial charge in [0, 0.05) is 28.6 Å². The van der Waals surface area contributed by atoms with Crippen LogP contribution >= 0.6 is 0 Å². The minimum Gasteiger partial charge on any atom is -0.282 e. The van der Waals surface area contributed by atoms with Gasteiger partial charge >= 0.3 is 49.4 Å². The van der Waals surface area contributed by atoms with Crippen molar-refractivity contribution in [2.24, 2.45) is 0 Å². The number of pyridine rings is 1. The lowest BCUT2D eigenvalue weighted by molar-refractivity contribution is -0.664. The normalized spacial score (nSPS) is 13.2. The topological polar surface area (TPSA) is 20.9 Å². The first-order valence-corrected chi connectivity index (χ1v) is 24.4. The van der Waals surface area contributed by atoms with Crippen molar-refractivity contribution >= 4 is 55.5 Å². The van der Waals surface area contributed by atoms with Gasteiger partial charge in [-0.05, 0) is 53.2 Å². The highest BCUT2D eigenvalue weighted by Crippen LogP contribution is 2.42. The fourth-order valence-corrected chi connectivity index (χ4v) is 9.95. The summed E-state index contributed by atoms with van der Waals surface area (Å²) in [5.74, 6) is 0.0393. The van der Waals surface area contributed by atoms with Crippen LogP contribution in [0.3, 0.4) is 0 Å². The van der Waals surface area contributed by atoms with Crippen LogP contribution in [-0.4, -0.2) is 11.9 Å². The number of halogens is 24. The van der Waals surface area contributed by atoms with Gasteiger partial charge in [-0.2, -0.15) is 132 Å². The van der Waals surface area contributed by atoms with Crippen LogP contribution in [0, 0.1) is 0 Å². The zero-order valence-electron chi connectivity index (χ0n) is 42.5. The van der Waals surface area contributed by atoms with Crippen molar-refractivity contribution in [2.75, 3.05) is 0 Å². The second kappa shape index (κ2) is 22.4. The molecule has 8 aromatic carbocycles. The smallest absolute Gasteiger partial charge is 0.282 e. The van der Waals surface area contributed by atoms with Gasteiger partial charge < -0.3 is 0 Å². The molecule has 9 rings (SSSR count). The van der Waals surface area contributed by atoms with Crippen LogP contribution in [0.1, 0.15) is 66.1 Å². The van der Waals surface area contributed by atoms with Gasteiger partial charge in [0.1, 0.15) is 6.15 Å². The van der Waals surface area contributed by atoms with E-state index in [4.69, 9.17) is 0 Å². The van der Waals surface area contributed by atoms with Gasteiger partial charge in [-0.1, -0.05) is 127 Å². The van der Waals surface area contributed by atoms with E-state index in [1.807, 2.05) is 78.9 Å². The van der Waals surface area contributed by atoms with Gasteiger partial charge in [0.2, 0.25) is 5.52 Å². The standard InChI is InChI=1S/C32H12BF24.C27H20NO/c34-25(35,36)13-1-14(26(37,38)39)6-21(5-13)33(22-7-15(27(40,41)42)2-16(8-22)28(43,44)45,23-9-17(29(46,47)48)3-18(10-23)30(49,50)51)24-11-19(31(52,53)54)4-20(12-24)32(55,56)57;29-27(24-15-14-21-10-4-5-12-23(21)18-24)26-17-16-22-11-6-7-13-25(22)28(26)19-20-8-2-1-3-9-20/h1-12H;1-18H,19H2/q-1;+1. The molecule has 0 aliphatic heterocycles. The van der Waals surface area contributed by atoms with Crippen LogP contribution in [0.5, 0.6) is 0 Å². The molecule has 0 N–H and O–H groups in total. The van der Waals surface area contributed by atoms with Crippen molar-refractivity contribution in [3.05, 3.63) is 243 Å². The van der Waals surface area contributed by atoms with E-state index in [-0.39, 0.29) is 5.78 Å². The molecule has 450 valence electrons. The molecular weight excluding hydrogens is 1210 g/mol. The Hall–Kier alpha value is -8.52. The lowest BCUT2D eigenvalue weighted by Crippen LogP contribution is -2.75. The van der Waals surface area contributed by atoms with Gasteiger partial charge in [0.05, 0.1) is 44.5 Å². The molecule has 1 aromatic heterocycles. The summed E-state index contributed by atoms with van der Waals surface area (Å²) in [6, 6.07) is 27.7. The van der Waals surface area contributed by atoms with Gasteiger partial charge in [-0.15, -0.1) is 0 Å². The van der Waals surface area contributed by atoms with Gasteiger partial charge in [-0.3, -0.25) is 4.79 Å². The predicted molar refractivity (Wildman–Crippen MR) is 267 cm³/mol. The number of aromatic nitrogens is 1. The van der Waals surface area contributed by atoms with Gasteiger partial charge in [0.25, 0.3) is 11.5 Å². The zero-order valence-corrected chi connectivity index (χ0v) is 42.5. The number of carbonyl (C=O) groups is 1.